The topological polar surface area (TPSA) is 18.5 Å². The van der Waals surface area contributed by atoms with Crippen LogP contribution in [0.1, 0.15) is 0 Å². The van der Waals surface area contributed by atoms with Crippen molar-refractivity contribution in [3.05, 3.63) is 24.3 Å². The molecule has 0 saturated heterocycles. The Morgan fingerprint density at radius 2 is 1.27 bits per heavy atom. The van der Waals surface area contributed by atoms with E-state index in [2.05, 4.69) is 0 Å². The number of methoxy groups -OCH3 is 2. The molecule has 2 nitrogen and oxygen atoms in total. The third-order valence-electron chi connectivity index (χ3n) is 1.29. The molecule has 0 aliphatic heterocycles. The fourth-order valence-electron chi connectivity index (χ4n) is 0.787. The molecule has 0 aromatic heterocycles. The van der Waals surface area contributed by atoms with E-state index in [-0.39, 0.29) is 21.1 Å². The Bertz CT molecular complexity index is 190. The molecule has 0 atom stereocenters. The maximum atomic E-state index is 5.01. The number of hydrogen-bond acceptors (Lipinski definition) is 2. The second-order valence-corrected chi connectivity index (χ2v) is 1.85. The molecular weight excluding hydrogens is 323 g/mol. The van der Waals surface area contributed by atoms with E-state index in [1.807, 2.05) is 24.3 Å². The summed E-state index contributed by atoms with van der Waals surface area (Å²) in [6.45, 7) is 0. The molecule has 0 unspecified atom stereocenters. The summed E-state index contributed by atoms with van der Waals surface area (Å²) in [5.74, 6) is 1.54. The number of para-hydroxylation sites is 2. The Morgan fingerprint density at radius 1 is 0.909 bits per heavy atom. The van der Waals surface area contributed by atoms with Gasteiger partial charge in [-0.1, -0.05) is 12.1 Å². The molecular formula is C8H10O2Pt. The van der Waals surface area contributed by atoms with Gasteiger partial charge in [0.05, 0.1) is 14.2 Å². The van der Waals surface area contributed by atoms with Crippen LogP contribution in [0, 0.1) is 0 Å². The third kappa shape index (κ3) is 2.55. The number of hydrogen-bond donors (Lipinski definition) is 0. The molecule has 3 heteroatoms. The van der Waals surface area contributed by atoms with E-state index >= 15 is 0 Å². The molecule has 1 rings (SSSR count). The fraction of sp³-hybridized carbons (Fsp3) is 0.250. The van der Waals surface area contributed by atoms with Crippen molar-refractivity contribution in [2.45, 2.75) is 0 Å². The van der Waals surface area contributed by atoms with Crippen molar-refractivity contribution in [1.82, 2.24) is 0 Å². The van der Waals surface area contributed by atoms with Gasteiger partial charge in [0.15, 0.2) is 11.5 Å². The second kappa shape index (κ2) is 5.20. The molecule has 0 N–H and O–H groups in total. The van der Waals surface area contributed by atoms with Crippen LogP contribution >= 0.6 is 0 Å². The fourth-order valence-corrected chi connectivity index (χ4v) is 0.787. The van der Waals surface area contributed by atoms with Crippen molar-refractivity contribution in [1.29, 1.82) is 0 Å². The molecule has 0 amide bonds. The molecule has 64 valence electrons. The number of ether oxygens (including phenoxy) is 2. The first-order chi connectivity index (χ1) is 4.88. The summed E-state index contributed by atoms with van der Waals surface area (Å²) in [5.41, 5.74) is 0. The zero-order valence-corrected chi connectivity index (χ0v) is 8.71. The van der Waals surface area contributed by atoms with Gasteiger partial charge in [0.2, 0.25) is 0 Å². The van der Waals surface area contributed by atoms with Gasteiger partial charge in [0, 0.05) is 21.1 Å². The van der Waals surface area contributed by atoms with Gasteiger partial charge >= 0.3 is 0 Å². The molecule has 1 aromatic rings. The Balaban J connectivity index is 0.000001000. The normalized spacial score (nSPS) is 8.18. The minimum Gasteiger partial charge on any atom is -0.493 e. The summed E-state index contributed by atoms with van der Waals surface area (Å²) in [5, 5.41) is 0. The minimum atomic E-state index is 0. The van der Waals surface area contributed by atoms with Crippen LogP contribution in [0.15, 0.2) is 24.3 Å². The molecule has 11 heavy (non-hydrogen) atoms. The van der Waals surface area contributed by atoms with Crippen LogP contribution in [0.25, 0.3) is 0 Å². The molecule has 0 fully saturated rings. The molecule has 0 spiro atoms. The van der Waals surface area contributed by atoms with E-state index in [1.54, 1.807) is 14.2 Å². The van der Waals surface area contributed by atoms with E-state index in [9.17, 15) is 0 Å². The summed E-state index contributed by atoms with van der Waals surface area (Å²) in [6, 6.07) is 7.53. The van der Waals surface area contributed by atoms with E-state index in [0.717, 1.165) is 11.5 Å². The quantitative estimate of drug-likeness (QED) is 0.820. The second-order valence-electron chi connectivity index (χ2n) is 1.85. The molecule has 0 aliphatic carbocycles. The average Bonchev–Trinajstić information content (AvgIpc) is 2.04. The van der Waals surface area contributed by atoms with E-state index in [4.69, 9.17) is 9.47 Å². The van der Waals surface area contributed by atoms with E-state index < -0.39 is 0 Å². The zero-order chi connectivity index (χ0) is 7.40. The van der Waals surface area contributed by atoms with Crippen molar-refractivity contribution in [3.63, 3.8) is 0 Å². The third-order valence-corrected chi connectivity index (χ3v) is 1.29. The van der Waals surface area contributed by atoms with Gasteiger partial charge in [-0.3, -0.25) is 0 Å². The Hall–Kier alpha value is -0.492. The molecule has 0 radical (unpaired) electrons. The van der Waals surface area contributed by atoms with Crippen molar-refractivity contribution >= 4 is 0 Å². The standard InChI is InChI=1S/C8H10O2.Pt/c1-9-7-5-3-4-6-8(7)10-2;/h3-6H,1-2H3;. The van der Waals surface area contributed by atoms with Gasteiger partial charge in [-0.2, -0.15) is 0 Å². The van der Waals surface area contributed by atoms with Crippen LogP contribution in [0.3, 0.4) is 0 Å². The molecule has 1 aromatic carbocycles. The summed E-state index contributed by atoms with van der Waals surface area (Å²) < 4.78 is 10.0. The van der Waals surface area contributed by atoms with Gasteiger partial charge in [-0.25, -0.2) is 0 Å². The SMILES string of the molecule is COc1ccccc1OC.[Pt]. The van der Waals surface area contributed by atoms with Gasteiger partial charge in [0.1, 0.15) is 0 Å². The summed E-state index contributed by atoms with van der Waals surface area (Å²) in [4.78, 5) is 0. The van der Waals surface area contributed by atoms with Gasteiger partial charge < -0.3 is 9.47 Å². The first kappa shape index (κ1) is 10.5. The zero-order valence-electron chi connectivity index (χ0n) is 6.44. The van der Waals surface area contributed by atoms with Crippen molar-refractivity contribution in [2.75, 3.05) is 14.2 Å². The van der Waals surface area contributed by atoms with Crippen LogP contribution in [-0.4, -0.2) is 14.2 Å². The number of rotatable bonds is 2. The van der Waals surface area contributed by atoms with Crippen LogP contribution in [0.2, 0.25) is 0 Å². The summed E-state index contributed by atoms with van der Waals surface area (Å²) >= 11 is 0. The minimum absolute atomic E-state index is 0. The van der Waals surface area contributed by atoms with Crippen LogP contribution in [0.4, 0.5) is 0 Å². The molecule has 0 aliphatic rings. The first-order valence-electron chi connectivity index (χ1n) is 3.05. The predicted octanol–water partition coefficient (Wildman–Crippen LogP) is 1.70. The maximum absolute atomic E-state index is 5.01. The average molecular weight is 333 g/mol. The largest absolute Gasteiger partial charge is 0.493 e. The molecule has 0 heterocycles. The van der Waals surface area contributed by atoms with Gasteiger partial charge in [-0.15, -0.1) is 0 Å². The van der Waals surface area contributed by atoms with E-state index in [1.165, 1.54) is 0 Å². The Morgan fingerprint density at radius 3 is 1.55 bits per heavy atom. The smallest absolute Gasteiger partial charge is 0.160 e. The van der Waals surface area contributed by atoms with Crippen LogP contribution in [-0.2, 0) is 21.1 Å². The number of benzene rings is 1. The summed E-state index contributed by atoms with van der Waals surface area (Å²) in [6.07, 6.45) is 0. The molecule has 0 saturated carbocycles. The van der Waals surface area contributed by atoms with Crippen LogP contribution in [0.5, 0.6) is 11.5 Å². The van der Waals surface area contributed by atoms with Gasteiger partial charge in [0.25, 0.3) is 0 Å². The van der Waals surface area contributed by atoms with Crippen molar-refractivity contribution < 1.29 is 30.5 Å². The first-order valence-corrected chi connectivity index (χ1v) is 3.05. The Kier molecular flexibility index (Phi) is 4.96. The van der Waals surface area contributed by atoms with Gasteiger partial charge in [-0.05, 0) is 12.1 Å². The van der Waals surface area contributed by atoms with Crippen molar-refractivity contribution in [2.24, 2.45) is 0 Å². The predicted molar refractivity (Wildman–Crippen MR) is 39.5 cm³/mol. The summed E-state index contributed by atoms with van der Waals surface area (Å²) in [7, 11) is 3.25. The monoisotopic (exact) mass is 333 g/mol. The van der Waals surface area contributed by atoms with Crippen molar-refractivity contribution in [3.8, 4) is 11.5 Å². The van der Waals surface area contributed by atoms with Crippen LogP contribution < -0.4 is 9.47 Å². The Labute approximate surface area is 80.8 Å². The van der Waals surface area contributed by atoms with E-state index in [0.29, 0.717) is 0 Å². The molecule has 0 bridgehead atoms. The maximum Gasteiger partial charge on any atom is 0.160 e.